The Morgan fingerprint density at radius 2 is 2.04 bits per heavy atom. The number of benzene rings is 1. The molecule has 8 heteroatoms. The van der Waals surface area contributed by atoms with E-state index in [1.807, 2.05) is 23.1 Å². The van der Waals surface area contributed by atoms with Gasteiger partial charge >= 0.3 is 0 Å². The summed E-state index contributed by atoms with van der Waals surface area (Å²) in [6.07, 6.45) is 1.95. The topological polar surface area (TPSA) is 117 Å². The fourth-order valence-electron chi connectivity index (χ4n) is 3.66. The van der Waals surface area contributed by atoms with Crippen molar-refractivity contribution in [2.24, 2.45) is 0 Å². The molecule has 130 valence electrons. The minimum atomic E-state index is -0.233. The number of likely N-dealkylation sites (tertiary alicyclic amines) is 1. The summed E-state index contributed by atoms with van der Waals surface area (Å²) in [5, 5.41) is 9.62. The van der Waals surface area contributed by atoms with Crippen molar-refractivity contribution in [1.82, 2.24) is 25.4 Å². The first-order valence-electron chi connectivity index (χ1n) is 8.47. The molecule has 2 aliphatic rings. The monoisotopic (exact) mass is 340 g/mol. The summed E-state index contributed by atoms with van der Waals surface area (Å²) < 4.78 is 0. The molecule has 1 saturated heterocycles. The molecule has 2 aliphatic heterocycles. The lowest BCUT2D eigenvalue weighted by molar-refractivity contribution is -0.132. The van der Waals surface area contributed by atoms with Gasteiger partial charge in [-0.05, 0) is 24.5 Å². The second-order valence-corrected chi connectivity index (χ2v) is 6.55. The zero-order chi connectivity index (χ0) is 17.4. The van der Waals surface area contributed by atoms with Gasteiger partial charge in [0.25, 0.3) is 5.91 Å². The van der Waals surface area contributed by atoms with Crippen molar-refractivity contribution in [2.75, 3.05) is 18.8 Å². The third kappa shape index (κ3) is 2.95. The van der Waals surface area contributed by atoms with Gasteiger partial charge in [-0.2, -0.15) is 4.98 Å². The largest absolute Gasteiger partial charge is 0.367 e. The minimum Gasteiger partial charge on any atom is -0.367 e. The molecule has 4 N–H and O–H groups in total. The molecule has 1 fully saturated rings. The number of aromatic nitrogens is 3. The van der Waals surface area contributed by atoms with Crippen molar-refractivity contribution < 1.29 is 9.59 Å². The Labute approximate surface area is 144 Å². The Balaban J connectivity index is 1.36. The van der Waals surface area contributed by atoms with E-state index < -0.39 is 0 Å². The molecule has 3 heterocycles. The molecular formula is C17H20N6O2. The molecule has 1 aromatic carbocycles. The number of nitrogen functional groups attached to an aromatic ring is 1. The summed E-state index contributed by atoms with van der Waals surface area (Å²) in [5.41, 5.74) is 7.13. The third-order valence-corrected chi connectivity index (χ3v) is 5.02. The van der Waals surface area contributed by atoms with Crippen LogP contribution in [0, 0.1) is 0 Å². The molecule has 0 saturated carbocycles. The number of carbonyl (C=O) groups excluding carboxylic acids is 2. The van der Waals surface area contributed by atoms with Gasteiger partial charge in [-0.3, -0.25) is 14.7 Å². The Hall–Kier alpha value is -2.90. The Kier molecular flexibility index (Phi) is 3.87. The number of anilines is 1. The lowest BCUT2D eigenvalue weighted by atomic mass is 9.95. The summed E-state index contributed by atoms with van der Waals surface area (Å²) in [4.78, 5) is 30.7. The van der Waals surface area contributed by atoms with E-state index in [4.69, 9.17) is 5.73 Å². The summed E-state index contributed by atoms with van der Waals surface area (Å²) in [5.74, 6) is 1.26. The standard InChI is InChI=1S/C17H20N6O2/c18-17-20-15(21-22-17)10-5-7-23(8-6-10)14(24)9-13-11-3-1-2-4-12(11)16(25)19-13/h1-4,10,13H,5-9H2,(H,19,25)(H3,18,20,21,22)/t13-/m1/s1. The van der Waals surface area contributed by atoms with Crippen LogP contribution in [-0.2, 0) is 4.79 Å². The second-order valence-electron chi connectivity index (χ2n) is 6.55. The Bertz CT molecular complexity index is 809. The van der Waals surface area contributed by atoms with Crippen molar-refractivity contribution in [2.45, 2.75) is 31.2 Å². The molecule has 1 aromatic heterocycles. The van der Waals surface area contributed by atoms with Gasteiger partial charge in [-0.15, -0.1) is 5.10 Å². The first-order chi connectivity index (χ1) is 12.1. The Morgan fingerprint density at radius 3 is 2.76 bits per heavy atom. The lowest BCUT2D eigenvalue weighted by Crippen LogP contribution is -2.39. The summed E-state index contributed by atoms with van der Waals surface area (Å²) in [7, 11) is 0. The molecule has 0 spiro atoms. The van der Waals surface area contributed by atoms with Crippen LogP contribution in [0.15, 0.2) is 24.3 Å². The highest BCUT2D eigenvalue weighted by Crippen LogP contribution is 2.30. The quantitative estimate of drug-likeness (QED) is 0.769. The average Bonchev–Trinajstić information content (AvgIpc) is 3.20. The van der Waals surface area contributed by atoms with Crippen LogP contribution in [0.1, 0.15) is 53.0 Å². The Morgan fingerprint density at radius 1 is 1.28 bits per heavy atom. The van der Waals surface area contributed by atoms with E-state index in [2.05, 4.69) is 20.5 Å². The normalized spacial score (nSPS) is 20.4. The number of nitrogens with zero attached hydrogens (tertiary/aromatic N) is 3. The number of carbonyl (C=O) groups is 2. The number of amides is 2. The molecule has 0 bridgehead atoms. The van der Waals surface area contributed by atoms with Crippen LogP contribution in [-0.4, -0.2) is 45.0 Å². The maximum Gasteiger partial charge on any atom is 0.252 e. The van der Waals surface area contributed by atoms with Crippen molar-refractivity contribution in [3.05, 3.63) is 41.2 Å². The fourth-order valence-corrected chi connectivity index (χ4v) is 3.66. The number of hydrogen-bond acceptors (Lipinski definition) is 5. The van der Waals surface area contributed by atoms with E-state index in [1.165, 1.54) is 0 Å². The van der Waals surface area contributed by atoms with Gasteiger partial charge in [0.05, 0.1) is 12.5 Å². The number of rotatable bonds is 3. The number of aromatic amines is 1. The summed E-state index contributed by atoms with van der Waals surface area (Å²) >= 11 is 0. The number of fused-ring (bicyclic) bond motifs is 1. The van der Waals surface area contributed by atoms with E-state index in [0.717, 1.165) is 24.2 Å². The predicted molar refractivity (Wildman–Crippen MR) is 90.6 cm³/mol. The average molecular weight is 340 g/mol. The first-order valence-corrected chi connectivity index (χ1v) is 8.47. The zero-order valence-electron chi connectivity index (χ0n) is 13.7. The van der Waals surface area contributed by atoms with Crippen LogP contribution in [0.4, 0.5) is 5.95 Å². The maximum absolute atomic E-state index is 12.6. The number of hydrogen-bond donors (Lipinski definition) is 3. The van der Waals surface area contributed by atoms with Gasteiger partial charge in [0.1, 0.15) is 5.82 Å². The lowest BCUT2D eigenvalue weighted by Gasteiger charge is -2.31. The third-order valence-electron chi connectivity index (χ3n) is 5.02. The van der Waals surface area contributed by atoms with E-state index in [0.29, 0.717) is 25.1 Å². The highest BCUT2D eigenvalue weighted by Gasteiger charge is 2.32. The first kappa shape index (κ1) is 15.6. The number of H-pyrrole nitrogens is 1. The van der Waals surface area contributed by atoms with Gasteiger partial charge in [-0.1, -0.05) is 18.2 Å². The highest BCUT2D eigenvalue weighted by molar-refractivity contribution is 5.99. The van der Waals surface area contributed by atoms with Gasteiger partial charge in [0, 0.05) is 24.6 Å². The highest BCUT2D eigenvalue weighted by atomic mass is 16.2. The molecule has 2 aromatic rings. The molecule has 0 unspecified atom stereocenters. The van der Waals surface area contributed by atoms with Gasteiger partial charge in [0.15, 0.2) is 0 Å². The van der Waals surface area contributed by atoms with Gasteiger partial charge in [-0.25, -0.2) is 0 Å². The maximum atomic E-state index is 12.6. The van der Waals surface area contributed by atoms with Crippen LogP contribution in [0.3, 0.4) is 0 Å². The molecule has 4 rings (SSSR count). The predicted octanol–water partition coefficient (Wildman–Crippen LogP) is 0.968. The van der Waals surface area contributed by atoms with Crippen LogP contribution >= 0.6 is 0 Å². The van der Waals surface area contributed by atoms with E-state index >= 15 is 0 Å². The number of piperidine rings is 1. The second kappa shape index (κ2) is 6.19. The molecule has 0 radical (unpaired) electrons. The van der Waals surface area contributed by atoms with Crippen LogP contribution in [0.5, 0.6) is 0 Å². The molecule has 1 atom stereocenters. The SMILES string of the molecule is Nc1n[nH]c(C2CCN(C(=O)C[C@H]3NC(=O)c4ccccc43)CC2)n1. The molecule has 8 nitrogen and oxygen atoms in total. The minimum absolute atomic E-state index is 0.0672. The molecular weight excluding hydrogens is 320 g/mol. The van der Waals surface area contributed by atoms with Crippen molar-refractivity contribution >= 4 is 17.8 Å². The smallest absolute Gasteiger partial charge is 0.252 e. The summed E-state index contributed by atoms with van der Waals surface area (Å²) in [6, 6.07) is 7.20. The van der Waals surface area contributed by atoms with E-state index in [1.54, 1.807) is 6.07 Å². The fraction of sp³-hybridized carbons (Fsp3) is 0.412. The van der Waals surface area contributed by atoms with Crippen LogP contribution < -0.4 is 11.1 Å². The van der Waals surface area contributed by atoms with Crippen molar-refractivity contribution in [3.63, 3.8) is 0 Å². The molecule has 25 heavy (non-hydrogen) atoms. The molecule has 2 amide bonds. The van der Waals surface area contributed by atoms with Crippen molar-refractivity contribution in [1.29, 1.82) is 0 Å². The van der Waals surface area contributed by atoms with Gasteiger partial charge in [0.2, 0.25) is 11.9 Å². The van der Waals surface area contributed by atoms with Crippen LogP contribution in [0.25, 0.3) is 0 Å². The van der Waals surface area contributed by atoms with Crippen LogP contribution in [0.2, 0.25) is 0 Å². The number of nitrogens with one attached hydrogen (secondary N) is 2. The number of nitrogens with two attached hydrogens (primary N) is 1. The van der Waals surface area contributed by atoms with E-state index in [-0.39, 0.29) is 29.7 Å². The zero-order valence-corrected chi connectivity index (χ0v) is 13.7. The van der Waals surface area contributed by atoms with Crippen molar-refractivity contribution in [3.8, 4) is 0 Å². The van der Waals surface area contributed by atoms with Gasteiger partial charge < -0.3 is 16.0 Å². The molecule has 0 aliphatic carbocycles. The summed E-state index contributed by atoms with van der Waals surface area (Å²) in [6.45, 7) is 1.35. The van der Waals surface area contributed by atoms with E-state index in [9.17, 15) is 9.59 Å².